The van der Waals surface area contributed by atoms with Crippen LogP contribution in [0.4, 0.5) is 0 Å². The van der Waals surface area contributed by atoms with Gasteiger partial charge < -0.3 is 57.6 Å². The molecule has 10 atom stereocenters. The van der Waals surface area contributed by atoms with Gasteiger partial charge in [0, 0.05) is 94.5 Å². The van der Waals surface area contributed by atoms with Gasteiger partial charge in [0.2, 0.25) is 0 Å². The summed E-state index contributed by atoms with van der Waals surface area (Å²) in [7, 11) is 1.66. The van der Waals surface area contributed by atoms with E-state index >= 15 is 0 Å². The van der Waals surface area contributed by atoms with Gasteiger partial charge in [-0.2, -0.15) is 0 Å². The summed E-state index contributed by atoms with van der Waals surface area (Å²) in [6, 6.07) is 83.6. The largest absolute Gasteiger partial charge is 0.508 e. The maximum Gasteiger partial charge on any atom is 0.307 e. The highest BCUT2D eigenvalue weighted by molar-refractivity contribution is 6.11. The van der Waals surface area contributed by atoms with E-state index < -0.39 is 34.4 Å². The molecule has 18 rings (SSSR count). The minimum Gasteiger partial charge on any atom is -0.508 e. The second-order valence-corrected chi connectivity index (χ2v) is 36.2. The van der Waals surface area contributed by atoms with Crippen LogP contribution in [0, 0.1) is 46.3 Å². The van der Waals surface area contributed by atoms with Gasteiger partial charge in [-0.3, -0.25) is 24.1 Å². The summed E-state index contributed by atoms with van der Waals surface area (Å²) in [5.74, 6) is 2.91. The maximum atomic E-state index is 14.1. The highest BCUT2D eigenvalue weighted by atomic mass is 16.7. The van der Waals surface area contributed by atoms with Crippen molar-refractivity contribution in [1.29, 1.82) is 0 Å². The molecule has 2 N–H and O–H groups in total. The zero-order chi connectivity index (χ0) is 89.3. The number of phenolic OH excluding ortho intramolecular Hbond substituents is 2. The van der Waals surface area contributed by atoms with Gasteiger partial charge >= 0.3 is 5.97 Å². The lowest BCUT2D eigenvalue weighted by atomic mass is 9.44. The first-order valence-corrected chi connectivity index (χ1v) is 46.2. The Kier molecular flexibility index (Phi) is 28.1. The Morgan fingerprint density at radius 1 is 0.477 bits per heavy atom. The first-order valence-electron chi connectivity index (χ1n) is 46.2. The predicted molar refractivity (Wildman–Crippen MR) is 497 cm³/mol. The molecule has 10 aromatic rings. The number of ether oxygens (including phenoxy) is 10. The normalized spacial score (nSPS) is 23.9. The van der Waals surface area contributed by atoms with Crippen LogP contribution in [0.15, 0.2) is 243 Å². The molecule has 10 aromatic carbocycles. The molecule has 0 bridgehead atoms. The van der Waals surface area contributed by atoms with Crippen molar-refractivity contribution in [2.45, 2.75) is 142 Å². The Bertz CT molecular complexity index is 5230. The van der Waals surface area contributed by atoms with Crippen LogP contribution in [0.3, 0.4) is 0 Å². The minimum atomic E-state index is -0.828. The maximum absolute atomic E-state index is 14.1. The molecule has 128 heavy (non-hydrogen) atoms. The predicted octanol–water partition coefficient (Wildman–Crippen LogP) is 20.5. The smallest absolute Gasteiger partial charge is 0.307 e. The fourth-order valence-electron chi connectivity index (χ4n) is 23.2. The van der Waals surface area contributed by atoms with Crippen molar-refractivity contribution in [3.05, 3.63) is 321 Å². The lowest BCUT2D eigenvalue weighted by Crippen LogP contribution is -2.60. The number of fused-ring (bicyclic) bond motifs is 12. The van der Waals surface area contributed by atoms with Gasteiger partial charge in [-0.1, -0.05) is 215 Å². The van der Waals surface area contributed by atoms with Gasteiger partial charge in [-0.05, 0) is 233 Å². The molecule has 668 valence electrons. The van der Waals surface area contributed by atoms with E-state index in [9.17, 15) is 29.4 Å². The number of phenols is 2. The summed E-state index contributed by atoms with van der Waals surface area (Å²) < 4.78 is 56.4. The SMILES string of the molecule is CC(CCC(=O)OC1(C)c2ccccc2-c2ccccc21)C1CCC2C3C(=O)CC4CC(=O)CCC4(C)C3CC(=O)C12C.CCOC(C)Oc1ccc(C2(c3ccc(O)cc3)c3ccccc3C(=C3c4ccccc4C(c4ccc(O)cc4)(c4ccc(OC(C)OCC)cc4)c4ccccc43)c3ccccc32)cc1.COCCOCCOCCOCCN1CCOCC1. The van der Waals surface area contributed by atoms with E-state index in [0.29, 0.717) is 97.2 Å². The first kappa shape index (κ1) is 90.6. The molecule has 17 heteroatoms. The number of benzene rings is 10. The lowest BCUT2D eigenvalue weighted by Gasteiger charge is -2.58. The van der Waals surface area contributed by atoms with Crippen molar-refractivity contribution in [3.63, 3.8) is 0 Å². The van der Waals surface area contributed by atoms with E-state index in [-0.39, 0.29) is 70.0 Å². The fraction of sp³-hybridized carbons (Fsp3) is 0.405. The highest BCUT2D eigenvalue weighted by Crippen LogP contribution is 2.67. The quantitative estimate of drug-likeness (QED) is 0.0254. The van der Waals surface area contributed by atoms with Gasteiger partial charge in [0.15, 0.2) is 18.2 Å². The second-order valence-electron chi connectivity index (χ2n) is 36.2. The van der Waals surface area contributed by atoms with E-state index in [1.54, 1.807) is 31.4 Å². The number of carbonyl (C=O) groups is 4. The average molecular weight is 1730 g/mol. The van der Waals surface area contributed by atoms with Gasteiger partial charge in [0.05, 0.1) is 70.3 Å². The topological polar surface area (TPSA) is 204 Å². The van der Waals surface area contributed by atoms with E-state index in [1.165, 1.54) is 0 Å². The summed E-state index contributed by atoms with van der Waals surface area (Å²) in [5, 5.41) is 21.4. The lowest BCUT2D eigenvalue weighted by molar-refractivity contribution is -0.166. The Morgan fingerprint density at radius 2 is 0.883 bits per heavy atom. The standard InChI is InChI=1S/C60H52O6.C38H44O5.C13H27NO5/c1-5-63-39(3)65-47-35-27-43(28-36-47)59(41-23-31-45(61)32-24-41)53-19-11-7-15-49(53)57(50-16-8-12-20-54(50)59)58-51-17-9-13-21-55(51)60(42-25-33-46(62)34-26-42,56-22-14-10-18-52(56)58)44-29-37-48(38-30-44)66-40(4)64-6-2;1-22(13-16-34(42)43-38(4)28-11-7-5-9-25(28)26-10-6-8-12-29(26)38)27-14-15-30-35-31(21-33(41)37(27,30)3)36(2)18-17-24(39)19-23(36)20-32(35)40;1-15-8-9-18-12-13-19-11-10-17-7-4-14-2-5-16-6-3-14/h7-40,61-62H,5-6H2,1-4H3;5-12,22-23,27,30-31,35H,13-21H2,1-4H3;2-13H2,1H3. The number of morpholine rings is 1. The number of rotatable bonds is 29. The molecule has 10 unspecified atom stereocenters. The Hall–Kier alpha value is -10.7. The summed E-state index contributed by atoms with van der Waals surface area (Å²) in [6.07, 6.45) is 4.78. The Balaban J connectivity index is 0.000000165. The molecule has 0 amide bonds. The molecule has 1 aliphatic heterocycles. The number of nitrogens with zero attached hydrogens (tertiary/aromatic N) is 1. The van der Waals surface area contributed by atoms with Gasteiger partial charge in [0.25, 0.3) is 0 Å². The Labute approximate surface area is 754 Å². The first-order chi connectivity index (χ1) is 62.2. The molecular formula is C111H123NO16. The number of hydrogen-bond donors (Lipinski definition) is 2. The summed E-state index contributed by atoms with van der Waals surface area (Å²) in [5.41, 5.74) is 16.6. The molecule has 5 fully saturated rings. The molecule has 0 spiro atoms. The van der Waals surface area contributed by atoms with E-state index in [4.69, 9.17) is 47.4 Å². The third kappa shape index (κ3) is 17.5. The molecule has 8 aliphatic rings. The van der Waals surface area contributed by atoms with Crippen LogP contribution in [0.5, 0.6) is 23.0 Å². The molecule has 0 radical (unpaired) electrons. The molecule has 1 heterocycles. The van der Waals surface area contributed by atoms with Crippen LogP contribution in [0.1, 0.15) is 191 Å². The van der Waals surface area contributed by atoms with Crippen LogP contribution in [0.2, 0.25) is 0 Å². The number of esters is 1. The van der Waals surface area contributed by atoms with Gasteiger partial charge in [-0.25, -0.2) is 0 Å². The third-order valence-electron chi connectivity index (χ3n) is 29.3. The number of Topliss-reactive ketones (excluding diaryl/α,β-unsaturated/α-hetero) is 3. The summed E-state index contributed by atoms with van der Waals surface area (Å²) in [4.78, 5) is 55.9. The number of methoxy groups -OCH3 is 1. The second kappa shape index (κ2) is 39.7. The highest BCUT2D eigenvalue weighted by Gasteiger charge is 2.66. The van der Waals surface area contributed by atoms with Crippen molar-refractivity contribution >= 4 is 34.5 Å². The van der Waals surface area contributed by atoms with E-state index in [0.717, 1.165) is 170 Å². The minimum absolute atomic E-state index is 0.0550. The van der Waals surface area contributed by atoms with Gasteiger partial charge in [0.1, 0.15) is 40.3 Å². The zero-order valence-electron chi connectivity index (χ0n) is 75.5. The number of aromatic hydroxyl groups is 2. The van der Waals surface area contributed by atoms with Crippen LogP contribution in [0.25, 0.3) is 22.3 Å². The monoisotopic (exact) mass is 1730 g/mol. The summed E-state index contributed by atoms with van der Waals surface area (Å²) >= 11 is 0. The molecule has 1 saturated heterocycles. The third-order valence-corrected chi connectivity index (χ3v) is 29.3. The fourth-order valence-corrected chi connectivity index (χ4v) is 23.2. The zero-order valence-corrected chi connectivity index (χ0v) is 75.5. The van der Waals surface area contributed by atoms with Crippen LogP contribution in [-0.2, 0) is 73.5 Å². The van der Waals surface area contributed by atoms with Gasteiger partial charge in [-0.15, -0.1) is 0 Å². The molecule has 17 nitrogen and oxygen atoms in total. The van der Waals surface area contributed by atoms with Crippen molar-refractivity contribution in [2.24, 2.45) is 46.3 Å². The number of carbonyl (C=O) groups excluding carboxylic acids is 4. The molecule has 4 saturated carbocycles. The average Bonchev–Trinajstić information content (AvgIpc) is 0.778. The van der Waals surface area contributed by atoms with Crippen molar-refractivity contribution in [1.82, 2.24) is 4.90 Å². The number of ketones is 3. The number of hydrogen-bond acceptors (Lipinski definition) is 17. The van der Waals surface area contributed by atoms with Crippen LogP contribution >= 0.6 is 0 Å². The van der Waals surface area contributed by atoms with Crippen molar-refractivity contribution in [2.75, 3.05) is 99.4 Å². The van der Waals surface area contributed by atoms with E-state index in [2.05, 4.69) is 159 Å². The van der Waals surface area contributed by atoms with Crippen LogP contribution in [-0.4, -0.2) is 150 Å². The Morgan fingerprint density at radius 3 is 1.32 bits per heavy atom. The summed E-state index contributed by atoms with van der Waals surface area (Å²) in [6.45, 7) is 26.6. The van der Waals surface area contributed by atoms with E-state index in [1.807, 2.05) is 120 Å². The van der Waals surface area contributed by atoms with Crippen molar-refractivity contribution in [3.8, 4) is 34.1 Å². The molecular weight excluding hydrogens is 1600 g/mol. The van der Waals surface area contributed by atoms with Crippen molar-refractivity contribution < 1.29 is 76.8 Å². The molecule has 0 aromatic heterocycles. The molecule has 7 aliphatic carbocycles. The van der Waals surface area contributed by atoms with Crippen LogP contribution < -0.4 is 9.47 Å².